The number of hydrogen-bond acceptors (Lipinski definition) is 1. The lowest BCUT2D eigenvalue weighted by atomic mass is 10.0. The molecule has 0 aliphatic heterocycles. The molecule has 3 aromatic rings. The molecule has 3 rings (SSSR count). The minimum atomic E-state index is 0.306. The van der Waals surface area contributed by atoms with Crippen LogP contribution in [0.3, 0.4) is 0 Å². The van der Waals surface area contributed by atoms with Gasteiger partial charge in [0.25, 0.3) is 0 Å². The number of aryl methyl sites for hydroxylation is 2. The van der Waals surface area contributed by atoms with E-state index in [1.54, 1.807) is 12.1 Å². The SMILES string of the molecule is Cc1cccc(-c2[nH]c3ccc(O)cc3c2C)c1. The van der Waals surface area contributed by atoms with E-state index in [9.17, 15) is 5.11 Å². The van der Waals surface area contributed by atoms with Gasteiger partial charge >= 0.3 is 0 Å². The fraction of sp³-hybridized carbons (Fsp3) is 0.125. The number of aromatic nitrogens is 1. The molecule has 90 valence electrons. The van der Waals surface area contributed by atoms with Crippen molar-refractivity contribution in [3.8, 4) is 17.0 Å². The highest BCUT2D eigenvalue weighted by atomic mass is 16.3. The first-order valence-electron chi connectivity index (χ1n) is 6.03. The summed E-state index contributed by atoms with van der Waals surface area (Å²) in [5.41, 5.74) is 5.78. The van der Waals surface area contributed by atoms with Crippen molar-refractivity contribution in [2.75, 3.05) is 0 Å². The van der Waals surface area contributed by atoms with E-state index in [1.165, 1.54) is 16.7 Å². The molecule has 0 saturated carbocycles. The third kappa shape index (κ3) is 1.66. The van der Waals surface area contributed by atoms with Gasteiger partial charge in [0.1, 0.15) is 5.75 Å². The molecule has 0 saturated heterocycles. The average Bonchev–Trinajstić information content (AvgIpc) is 2.67. The molecular weight excluding hydrogens is 222 g/mol. The molecule has 0 radical (unpaired) electrons. The number of nitrogens with one attached hydrogen (secondary N) is 1. The monoisotopic (exact) mass is 237 g/mol. The highest BCUT2D eigenvalue weighted by molar-refractivity contribution is 5.91. The maximum Gasteiger partial charge on any atom is 0.116 e. The fourth-order valence-corrected chi connectivity index (χ4v) is 2.40. The van der Waals surface area contributed by atoms with E-state index in [-0.39, 0.29) is 0 Å². The molecule has 2 heteroatoms. The summed E-state index contributed by atoms with van der Waals surface area (Å²) in [6, 6.07) is 13.8. The van der Waals surface area contributed by atoms with E-state index in [0.29, 0.717) is 5.75 Å². The van der Waals surface area contributed by atoms with Crippen molar-refractivity contribution in [2.45, 2.75) is 13.8 Å². The van der Waals surface area contributed by atoms with Gasteiger partial charge < -0.3 is 10.1 Å². The molecule has 0 unspecified atom stereocenters. The van der Waals surface area contributed by atoms with Crippen molar-refractivity contribution >= 4 is 10.9 Å². The number of hydrogen-bond donors (Lipinski definition) is 2. The smallest absolute Gasteiger partial charge is 0.116 e. The molecule has 0 amide bonds. The van der Waals surface area contributed by atoms with E-state index in [4.69, 9.17) is 0 Å². The zero-order valence-corrected chi connectivity index (χ0v) is 10.5. The van der Waals surface area contributed by atoms with Crippen LogP contribution in [0.1, 0.15) is 11.1 Å². The van der Waals surface area contributed by atoms with Gasteiger partial charge in [-0.2, -0.15) is 0 Å². The Morgan fingerprint density at radius 2 is 1.83 bits per heavy atom. The minimum Gasteiger partial charge on any atom is -0.508 e. The summed E-state index contributed by atoms with van der Waals surface area (Å²) >= 11 is 0. The zero-order valence-electron chi connectivity index (χ0n) is 10.5. The van der Waals surface area contributed by atoms with Gasteiger partial charge in [-0.1, -0.05) is 23.8 Å². The van der Waals surface area contributed by atoms with Gasteiger partial charge in [-0.25, -0.2) is 0 Å². The first-order valence-corrected chi connectivity index (χ1v) is 6.03. The Kier molecular flexibility index (Phi) is 2.37. The van der Waals surface area contributed by atoms with Crippen molar-refractivity contribution in [3.63, 3.8) is 0 Å². The van der Waals surface area contributed by atoms with Crippen LogP contribution in [-0.2, 0) is 0 Å². The molecule has 2 nitrogen and oxygen atoms in total. The molecule has 1 heterocycles. The number of benzene rings is 2. The normalized spacial score (nSPS) is 11.0. The fourth-order valence-electron chi connectivity index (χ4n) is 2.40. The van der Waals surface area contributed by atoms with Gasteiger partial charge in [-0.3, -0.25) is 0 Å². The number of phenols is 1. The number of rotatable bonds is 1. The van der Waals surface area contributed by atoms with Crippen molar-refractivity contribution in [1.29, 1.82) is 0 Å². The van der Waals surface area contributed by atoms with E-state index in [0.717, 1.165) is 16.6 Å². The molecule has 0 aliphatic rings. The van der Waals surface area contributed by atoms with Gasteiger partial charge in [0, 0.05) is 16.6 Å². The highest BCUT2D eigenvalue weighted by Crippen LogP contribution is 2.31. The van der Waals surface area contributed by atoms with Crippen LogP contribution in [0, 0.1) is 13.8 Å². The van der Waals surface area contributed by atoms with Crippen LogP contribution in [0.2, 0.25) is 0 Å². The van der Waals surface area contributed by atoms with Crippen molar-refractivity contribution in [3.05, 3.63) is 53.6 Å². The summed E-state index contributed by atoms with van der Waals surface area (Å²) in [5, 5.41) is 10.6. The summed E-state index contributed by atoms with van der Waals surface area (Å²) in [6.45, 7) is 4.17. The van der Waals surface area contributed by atoms with Gasteiger partial charge in [-0.15, -0.1) is 0 Å². The van der Waals surface area contributed by atoms with Crippen LogP contribution in [0.25, 0.3) is 22.2 Å². The van der Waals surface area contributed by atoms with Crippen LogP contribution < -0.4 is 0 Å². The van der Waals surface area contributed by atoms with E-state index < -0.39 is 0 Å². The summed E-state index contributed by atoms with van der Waals surface area (Å²) in [6.07, 6.45) is 0. The third-order valence-corrected chi connectivity index (χ3v) is 3.35. The number of fused-ring (bicyclic) bond motifs is 1. The molecule has 0 atom stereocenters. The zero-order chi connectivity index (χ0) is 12.7. The van der Waals surface area contributed by atoms with Crippen LogP contribution in [0.4, 0.5) is 0 Å². The van der Waals surface area contributed by atoms with Crippen LogP contribution in [0.15, 0.2) is 42.5 Å². The molecule has 0 spiro atoms. The Bertz CT molecular complexity index is 725. The molecule has 2 N–H and O–H groups in total. The Hall–Kier alpha value is -2.22. The highest BCUT2D eigenvalue weighted by Gasteiger charge is 2.09. The number of phenolic OH excluding ortho intramolecular Hbond substituents is 1. The van der Waals surface area contributed by atoms with Gasteiger partial charge in [-0.05, 0) is 49.2 Å². The van der Waals surface area contributed by atoms with Crippen molar-refractivity contribution < 1.29 is 5.11 Å². The minimum absolute atomic E-state index is 0.306. The average molecular weight is 237 g/mol. The van der Waals surface area contributed by atoms with Gasteiger partial charge in [0.15, 0.2) is 0 Å². The Morgan fingerprint density at radius 3 is 2.61 bits per heavy atom. The number of aromatic amines is 1. The third-order valence-electron chi connectivity index (χ3n) is 3.35. The molecule has 0 bridgehead atoms. The number of aromatic hydroxyl groups is 1. The standard InChI is InChI=1S/C16H15NO/c1-10-4-3-5-12(8-10)16-11(2)14-9-13(18)6-7-15(14)17-16/h3-9,17-18H,1-2H3. The first-order chi connectivity index (χ1) is 8.65. The molecule has 18 heavy (non-hydrogen) atoms. The summed E-state index contributed by atoms with van der Waals surface area (Å²) in [7, 11) is 0. The largest absolute Gasteiger partial charge is 0.508 e. The summed E-state index contributed by atoms with van der Waals surface area (Å²) in [4.78, 5) is 3.42. The van der Waals surface area contributed by atoms with Crippen LogP contribution in [0.5, 0.6) is 5.75 Å². The summed E-state index contributed by atoms with van der Waals surface area (Å²) in [5.74, 6) is 0.306. The van der Waals surface area contributed by atoms with Crippen molar-refractivity contribution in [1.82, 2.24) is 4.98 Å². The Labute approximate surface area is 106 Å². The lowest BCUT2D eigenvalue weighted by Gasteiger charge is -2.01. The predicted octanol–water partition coefficient (Wildman–Crippen LogP) is 4.16. The topological polar surface area (TPSA) is 36.0 Å². The van der Waals surface area contributed by atoms with Crippen LogP contribution >= 0.6 is 0 Å². The molecule has 0 fully saturated rings. The summed E-state index contributed by atoms with van der Waals surface area (Å²) < 4.78 is 0. The first kappa shape index (κ1) is 10.9. The second kappa shape index (κ2) is 3.91. The van der Waals surface area contributed by atoms with E-state index >= 15 is 0 Å². The van der Waals surface area contributed by atoms with Crippen molar-refractivity contribution in [2.24, 2.45) is 0 Å². The van der Waals surface area contributed by atoms with Gasteiger partial charge in [0.05, 0.1) is 0 Å². The maximum absolute atomic E-state index is 9.56. The van der Waals surface area contributed by atoms with Gasteiger partial charge in [0.2, 0.25) is 0 Å². The van der Waals surface area contributed by atoms with Crippen LogP contribution in [-0.4, -0.2) is 10.1 Å². The maximum atomic E-state index is 9.56. The predicted molar refractivity (Wildman–Crippen MR) is 74.9 cm³/mol. The molecular formula is C16H15NO. The Balaban J connectivity index is 2.27. The van der Waals surface area contributed by atoms with E-state index in [2.05, 4.69) is 43.1 Å². The Morgan fingerprint density at radius 1 is 1.00 bits per heavy atom. The quantitative estimate of drug-likeness (QED) is 0.655. The molecule has 2 aromatic carbocycles. The molecule has 1 aromatic heterocycles. The second-order valence-corrected chi connectivity index (χ2v) is 4.72. The van der Waals surface area contributed by atoms with E-state index in [1.807, 2.05) is 6.07 Å². The lowest BCUT2D eigenvalue weighted by Crippen LogP contribution is -1.81. The number of H-pyrrole nitrogens is 1. The second-order valence-electron chi connectivity index (χ2n) is 4.72. The molecule has 0 aliphatic carbocycles. The lowest BCUT2D eigenvalue weighted by molar-refractivity contribution is 0.476.